The van der Waals surface area contributed by atoms with Crippen LogP contribution in [-0.2, 0) is 0 Å². The highest BCUT2D eigenvalue weighted by molar-refractivity contribution is 5.45. The van der Waals surface area contributed by atoms with Gasteiger partial charge in [0.15, 0.2) is 0 Å². The maximum Gasteiger partial charge on any atom is 0.125 e. The molecule has 0 aromatic heterocycles. The van der Waals surface area contributed by atoms with E-state index >= 15 is 0 Å². The second kappa shape index (κ2) is 6.10. The number of methoxy groups -OCH3 is 1. The van der Waals surface area contributed by atoms with Crippen molar-refractivity contribution in [2.45, 2.75) is 45.3 Å². The van der Waals surface area contributed by atoms with Gasteiger partial charge in [0.25, 0.3) is 0 Å². The normalized spacial score (nSPS) is 21.5. The van der Waals surface area contributed by atoms with Gasteiger partial charge >= 0.3 is 0 Å². The molecule has 1 aromatic carbocycles. The highest BCUT2D eigenvalue weighted by Gasteiger charge is 2.33. The second-order valence-corrected chi connectivity index (χ2v) is 4.78. The molecular formula is C15H23NO2. The van der Waals surface area contributed by atoms with E-state index in [0.717, 1.165) is 37.3 Å². The Morgan fingerprint density at radius 1 is 1.28 bits per heavy atom. The van der Waals surface area contributed by atoms with Crippen LogP contribution in [0.5, 0.6) is 11.5 Å². The highest BCUT2D eigenvalue weighted by atomic mass is 16.5. The summed E-state index contributed by atoms with van der Waals surface area (Å²) < 4.78 is 11.3. The molecule has 0 radical (unpaired) electrons. The first-order valence-electron chi connectivity index (χ1n) is 6.88. The van der Waals surface area contributed by atoms with E-state index in [9.17, 15) is 0 Å². The van der Waals surface area contributed by atoms with E-state index < -0.39 is 0 Å². The van der Waals surface area contributed by atoms with Crippen LogP contribution >= 0.6 is 0 Å². The predicted molar refractivity (Wildman–Crippen MR) is 73.4 cm³/mol. The second-order valence-electron chi connectivity index (χ2n) is 4.78. The van der Waals surface area contributed by atoms with Crippen LogP contribution in [0, 0.1) is 0 Å². The predicted octanol–water partition coefficient (Wildman–Crippen LogP) is 3.30. The molecule has 1 aliphatic rings. The van der Waals surface area contributed by atoms with Crippen molar-refractivity contribution in [2.24, 2.45) is 0 Å². The Balaban J connectivity index is 2.22. The lowest BCUT2D eigenvalue weighted by Gasteiger charge is -2.19. The molecule has 0 bridgehead atoms. The van der Waals surface area contributed by atoms with Gasteiger partial charge in [-0.3, -0.25) is 0 Å². The SMILES string of the molecule is CCCNC1c2cc(OC)ccc2OC1CCC. The first-order chi connectivity index (χ1) is 8.80. The fourth-order valence-corrected chi connectivity index (χ4v) is 2.49. The van der Waals surface area contributed by atoms with Crippen LogP contribution in [0.15, 0.2) is 18.2 Å². The zero-order valence-electron chi connectivity index (χ0n) is 11.5. The first kappa shape index (κ1) is 13.2. The molecule has 2 atom stereocenters. The first-order valence-corrected chi connectivity index (χ1v) is 6.88. The lowest BCUT2D eigenvalue weighted by Crippen LogP contribution is -2.31. The van der Waals surface area contributed by atoms with Crippen LogP contribution in [0.2, 0.25) is 0 Å². The van der Waals surface area contributed by atoms with Gasteiger partial charge in [-0.15, -0.1) is 0 Å². The van der Waals surface area contributed by atoms with Crippen molar-refractivity contribution in [3.05, 3.63) is 23.8 Å². The monoisotopic (exact) mass is 249 g/mol. The van der Waals surface area contributed by atoms with Gasteiger partial charge in [0.1, 0.15) is 17.6 Å². The topological polar surface area (TPSA) is 30.5 Å². The number of benzene rings is 1. The van der Waals surface area contributed by atoms with Crippen LogP contribution in [0.1, 0.15) is 44.7 Å². The van der Waals surface area contributed by atoms with Gasteiger partial charge in [-0.2, -0.15) is 0 Å². The van der Waals surface area contributed by atoms with Crippen LogP contribution in [0.4, 0.5) is 0 Å². The van der Waals surface area contributed by atoms with E-state index in [1.54, 1.807) is 7.11 Å². The van der Waals surface area contributed by atoms with Gasteiger partial charge in [0.2, 0.25) is 0 Å². The van der Waals surface area contributed by atoms with Gasteiger partial charge < -0.3 is 14.8 Å². The molecule has 1 aliphatic heterocycles. The number of fused-ring (bicyclic) bond motifs is 1. The molecule has 3 heteroatoms. The molecule has 1 heterocycles. The van der Waals surface area contributed by atoms with E-state index in [4.69, 9.17) is 9.47 Å². The lowest BCUT2D eigenvalue weighted by molar-refractivity contribution is 0.178. The summed E-state index contributed by atoms with van der Waals surface area (Å²) in [5.74, 6) is 1.90. The van der Waals surface area contributed by atoms with E-state index in [1.807, 2.05) is 12.1 Å². The summed E-state index contributed by atoms with van der Waals surface area (Å²) in [6.45, 7) is 5.40. The minimum atomic E-state index is 0.253. The van der Waals surface area contributed by atoms with Crippen molar-refractivity contribution >= 4 is 0 Å². The molecule has 1 N–H and O–H groups in total. The van der Waals surface area contributed by atoms with E-state index in [0.29, 0.717) is 6.04 Å². The fraction of sp³-hybridized carbons (Fsp3) is 0.600. The molecule has 0 aliphatic carbocycles. The molecule has 2 rings (SSSR count). The zero-order chi connectivity index (χ0) is 13.0. The van der Waals surface area contributed by atoms with Crippen molar-refractivity contribution in [1.29, 1.82) is 0 Å². The number of ether oxygens (including phenoxy) is 2. The molecule has 0 amide bonds. The van der Waals surface area contributed by atoms with Gasteiger partial charge in [-0.1, -0.05) is 20.3 Å². The maximum atomic E-state index is 6.04. The Morgan fingerprint density at radius 3 is 2.78 bits per heavy atom. The molecule has 0 saturated carbocycles. The van der Waals surface area contributed by atoms with Crippen LogP contribution < -0.4 is 14.8 Å². The molecule has 0 saturated heterocycles. The highest BCUT2D eigenvalue weighted by Crippen LogP contribution is 2.40. The molecular weight excluding hydrogens is 226 g/mol. The quantitative estimate of drug-likeness (QED) is 0.839. The van der Waals surface area contributed by atoms with Crippen molar-refractivity contribution in [1.82, 2.24) is 5.32 Å². The zero-order valence-corrected chi connectivity index (χ0v) is 11.5. The van der Waals surface area contributed by atoms with E-state index in [2.05, 4.69) is 25.2 Å². The smallest absolute Gasteiger partial charge is 0.125 e. The molecule has 2 unspecified atom stereocenters. The number of rotatable bonds is 6. The van der Waals surface area contributed by atoms with Crippen LogP contribution in [0.3, 0.4) is 0 Å². The largest absolute Gasteiger partial charge is 0.497 e. The third-order valence-electron chi connectivity index (χ3n) is 3.39. The summed E-state index contributed by atoms with van der Waals surface area (Å²) in [7, 11) is 1.70. The summed E-state index contributed by atoms with van der Waals surface area (Å²) in [6.07, 6.45) is 3.61. The van der Waals surface area contributed by atoms with Crippen molar-refractivity contribution in [2.75, 3.05) is 13.7 Å². The molecule has 18 heavy (non-hydrogen) atoms. The number of hydrogen-bond donors (Lipinski definition) is 1. The Bertz CT molecular complexity index is 392. The standard InChI is InChI=1S/C15H23NO2/c1-4-6-14-15(16-9-5-2)12-10-11(17-3)7-8-13(12)18-14/h7-8,10,14-16H,4-6,9H2,1-3H3. The molecule has 0 fully saturated rings. The fourth-order valence-electron chi connectivity index (χ4n) is 2.49. The summed E-state index contributed by atoms with van der Waals surface area (Å²) >= 11 is 0. The minimum Gasteiger partial charge on any atom is -0.497 e. The van der Waals surface area contributed by atoms with E-state index in [-0.39, 0.29) is 6.10 Å². The minimum absolute atomic E-state index is 0.253. The van der Waals surface area contributed by atoms with E-state index in [1.165, 1.54) is 5.56 Å². The summed E-state index contributed by atoms with van der Waals surface area (Å²) in [6, 6.07) is 6.38. The summed E-state index contributed by atoms with van der Waals surface area (Å²) in [5, 5.41) is 3.59. The maximum absolute atomic E-state index is 6.04. The summed E-state index contributed by atoms with van der Waals surface area (Å²) in [5.41, 5.74) is 1.24. The summed E-state index contributed by atoms with van der Waals surface area (Å²) in [4.78, 5) is 0. The average molecular weight is 249 g/mol. The third kappa shape index (κ3) is 2.61. The number of nitrogens with one attached hydrogen (secondary N) is 1. The average Bonchev–Trinajstić information content (AvgIpc) is 2.73. The van der Waals surface area contributed by atoms with Crippen molar-refractivity contribution in [3.63, 3.8) is 0 Å². The Labute approximate surface area is 109 Å². The molecule has 3 nitrogen and oxygen atoms in total. The third-order valence-corrected chi connectivity index (χ3v) is 3.39. The van der Waals surface area contributed by atoms with Gasteiger partial charge in [-0.25, -0.2) is 0 Å². The van der Waals surface area contributed by atoms with Crippen LogP contribution in [0.25, 0.3) is 0 Å². The van der Waals surface area contributed by atoms with Gasteiger partial charge in [0, 0.05) is 5.56 Å². The Kier molecular flexibility index (Phi) is 4.48. The Morgan fingerprint density at radius 2 is 2.11 bits per heavy atom. The lowest BCUT2D eigenvalue weighted by atomic mass is 10.0. The molecule has 0 spiro atoms. The molecule has 100 valence electrons. The van der Waals surface area contributed by atoms with Crippen LogP contribution in [-0.4, -0.2) is 19.8 Å². The molecule has 1 aromatic rings. The number of hydrogen-bond acceptors (Lipinski definition) is 3. The Hall–Kier alpha value is -1.22. The van der Waals surface area contributed by atoms with Gasteiger partial charge in [-0.05, 0) is 37.6 Å². The van der Waals surface area contributed by atoms with Gasteiger partial charge in [0.05, 0.1) is 13.2 Å². The van der Waals surface area contributed by atoms with Crippen molar-refractivity contribution < 1.29 is 9.47 Å². The van der Waals surface area contributed by atoms with Crippen molar-refractivity contribution in [3.8, 4) is 11.5 Å².